The van der Waals surface area contributed by atoms with Crippen molar-refractivity contribution in [1.82, 2.24) is 10.2 Å². The Kier molecular flexibility index (Phi) is 6.48. The molecule has 4 heteroatoms. The largest absolute Gasteiger partial charge is 0.382 e. The van der Waals surface area contributed by atoms with Gasteiger partial charge in [0.05, 0.1) is 19.8 Å². The standard InChI is InChI=1S/C17H34N2O2/c1-4-16(5-2)15-19(10-11-21-13-12-20-3)17(14-18-16)8-6-7-9-17/h18H,4-15H2,1-3H3. The molecule has 2 aliphatic rings. The molecular weight excluding hydrogens is 264 g/mol. The first-order chi connectivity index (χ1) is 10.2. The third-order valence-electron chi connectivity index (χ3n) is 5.78. The van der Waals surface area contributed by atoms with Crippen LogP contribution in [-0.2, 0) is 9.47 Å². The maximum Gasteiger partial charge on any atom is 0.0700 e. The maximum atomic E-state index is 5.73. The molecule has 124 valence electrons. The van der Waals surface area contributed by atoms with Crippen LogP contribution in [0.1, 0.15) is 52.4 Å². The molecule has 2 rings (SSSR count). The van der Waals surface area contributed by atoms with Crippen molar-refractivity contribution in [3.8, 4) is 0 Å². The fourth-order valence-corrected chi connectivity index (χ4v) is 4.04. The maximum absolute atomic E-state index is 5.73. The molecule has 0 amide bonds. The van der Waals surface area contributed by atoms with Crippen LogP contribution in [0.15, 0.2) is 0 Å². The second-order valence-corrected chi connectivity index (χ2v) is 6.80. The van der Waals surface area contributed by atoms with E-state index in [0.29, 0.717) is 24.3 Å². The van der Waals surface area contributed by atoms with E-state index in [9.17, 15) is 0 Å². The van der Waals surface area contributed by atoms with E-state index < -0.39 is 0 Å². The molecule has 21 heavy (non-hydrogen) atoms. The van der Waals surface area contributed by atoms with Gasteiger partial charge in [0.1, 0.15) is 0 Å². The van der Waals surface area contributed by atoms with Gasteiger partial charge in [-0.2, -0.15) is 0 Å². The number of nitrogens with one attached hydrogen (secondary N) is 1. The molecule has 0 unspecified atom stereocenters. The van der Waals surface area contributed by atoms with E-state index in [1.54, 1.807) is 7.11 Å². The number of hydrogen-bond donors (Lipinski definition) is 1. The van der Waals surface area contributed by atoms with E-state index in [4.69, 9.17) is 9.47 Å². The van der Waals surface area contributed by atoms with Gasteiger partial charge in [0.25, 0.3) is 0 Å². The SMILES string of the molecule is CCC1(CC)CN(CCOCCOC)C2(CCCC2)CN1. The zero-order valence-electron chi connectivity index (χ0n) is 14.2. The summed E-state index contributed by atoms with van der Waals surface area (Å²) in [6, 6.07) is 0. The predicted molar refractivity (Wildman–Crippen MR) is 86.8 cm³/mol. The highest BCUT2D eigenvalue weighted by molar-refractivity contribution is 5.06. The van der Waals surface area contributed by atoms with Gasteiger partial charge in [-0.25, -0.2) is 0 Å². The minimum absolute atomic E-state index is 0.306. The molecule has 1 aliphatic carbocycles. The Balaban J connectivity index is 1.93. The van der Waals surface area contributed by atoms with Crippen LogP contribution in [0.2, 0.25) is 0 Å². The topological polar surface area (TPSA) is 33.7 Å². The molecule has 0 bridgehead atoms. The lowest BCUT2D eigenvalue weighted by Gasteiger charge is -2.53. The fraction of sp³-hybridized carbons (Fsp3) is 1.00. The Labute approximate surface area is 130 Å². The first kappa shape index (κ1) is 17.2. The molecule has 2 fully saturated rings. The van der Waals surface area contributed by atoms with Gasteiger partial charge in [-0.1, -0.05) is 26.7 Å². The first-order valence-electron chi connectivity index (χ1n) is 8.77. The van der Waals surface area contributed by atoms with Crippen molar-refractivity contribution in [1.29, 1.82) is 0 Å². The second kappa shape index (κ2) is 7.91. The van der Waals surface area contributed by atoms with Crippen LogP contribution in [0.3, 0.4) is 0 Å². The van der Waals surface area contributed by atoms with Gasteiger partial charge in [-0.15, -0.1) is 0 Å². The van der Waals surface area contributed by atoms with Crippen LogP contribution < -0.4 is 5.32 Å². The molecule has 1 spiro atoms. The van der Waals surface area contributed by atoms with Crippen LogP contribution in [-0.4, -0.2) is 62.5 Å². The third-order valence-corrected chi connectivity index (χ3v) is 5.78. The summed E-state index contributed by atoms with van der Waals surface area (Å²) in [6.07, 6.45) is 7.88. The number of piperazine rings is 1. The number of ether oxygens (including phenoxy) is 2. The molecule has 0 atom stereocenters. The van der Waals surface area contributed by atoms with Gasteiger partial charge in [-0.05, 0) is 25.7 Å². The van der Waals surface area contributed by atoms with Crippen LogP contribution in [0, 0.1) is 0 Å². The summed E-state index contributed by atoms with van der Waals surface area (Å²) >= 11 is 0. The Bertz CT molecular complexity index is 299. The molecule has 1 N–H and O–H groups in total. The van der Waals surface area contributed by atoms with Crippen molar-refractivity contribution in [2.45, 2.75) is 63.5 Å². The monoisotopic (exact) mass is 298 g/mol. The lowest BCUT2D eigenvalue weighted by atomic mass is 9.82. The van der Waals surface area contributed by atoms with E-state index in [1.807, 2.05) is 0 Å². The summed E-state index contributed by atoms with van der Waals surface area (Å²) in [5, 5.41) is 3.90. The molecular formula is C17H34N2O2. The Hall–Kier alpha value is -0.160. The van der Waals surface area contributed by atoms with Crippen molar-refractivity contribution < 1.29 is 9.47 Å². The highest BCUT2D eigenvalue weighted by Gasteiger charge is 2.47. The van der Waals surface area contributed by atoms with Crippen molar-refractivity contribution in [2.75, 3.05) is 46.6 Å². The van der Waals surface area contributed by atoms with E-state index in [0.717, 1.165) is 19.7 Å². The van der Waals surface area contributed by atoms with Crippen molar-refractivity contribution in [2.24, 2.45) is 0 Å². The van der Waals surface area contributed by atoms with Crippen molar-refractivity contribution >= 4 is 0 Å². The van der Waals surface area contributed by atoms with Gasteiger partial charge < -0.3 is 14.8 Å². The number of hydrogen-bond acceptors (Lipinski definition) is 4. The molecule has 1 saturated carbocycles. The minimum Gasteiger partial charge on any atom is -0.382 e. The molecule has 0 aromatic heterocycles. The Morgan fingerprint density at radius 1 is 1.05 bits per heavy atom. The lowest BCUT2D eigenvalue weighted by Crippen LogP contribution is -2.69. The van der Waals surface area contributed by atoms with Crippen LogP contribution in [0.25, 0.3) is 0 Å². The molecule has 0 radical (unpaired) electrons. The van der Waals surface area contributed by atoms with Crippen molar-refractivity contribution in [3.63, 3.8) is 0 Å². The summed E-state index contributed by atoms with van der Waals surface area (Å²) in [4.78, 5) is 2.75. The second-order valence-electron chi connectivity index (χ2n) is 6.80. The van der Waals surface area contributed by atoms with Gasteiger partial charge >= 0.3 is 0 Å². The van der Waals surface area contributed by atoms with E-state index >= 15 is 0 Å². The zero-order valence-corrected chi connectivity index (χ0v) is 14.2. The summed E-state index contributed by atoms with van der Waals surface area (Å²) in [5.74, 6) is 0. The Morgan fingerprint density at radius 3 is 2.38 bits per heavy atom. The fourth-order valence-electron chi connectivity index (χ4n) is 4.04. The van der Waals surface area contributed by atoms with Gasteiger partial charge in [-0.3, -0.25) is 4.90 Å². The number of nitrogens with zero attached hydrogens (tertiary/aromatic N) is 1. The van der Waals surface area contributed by atoms with Crippen LogP contribution in [0.5, 0.6) is 0 Å². The average molecular weight is 298 g/mol. The zero-order chi connectivity index (χ0) is 15.2. The normalized spacial score (nSPS) is 24.7. The summed E-state index contributed by atoms with van der Waals surface area (Å²) in [7, 11) is 1.73. The molecule has 0 aromatic rings. The van der Waals surface area contributed by atoms with Gasteiger partial charge in [0.15, 0.2) is 0 Å². The highest BCUT2D eigenvalue weighted by Crippen LogP contribution is 2.39. The lowest BCUT2D eigenvalue weighted by molar-refractivity contribution is -0.0206. The highest BCUT2D eigenvalue weighted by atomic mass is 16.5. The molecule has 1 aliphatic heterocycles. The van der Waals surface area contributed by atoms with Gasteiger partial charge in [0, 0.05) is 37.8 Å². The Morgan fingerprint density at radius 2 is 1.76 bits per heavy atom. The molecule has 1 heterocycles. The quantitative estimate of drug-likeness (QED) is 0.698. The van der Waals surface area contributed by atoms with Gasteiger partial charge in [0.2, 0.25) is 0 Å². The molecule has 1 saturated heterocycles. The van der Waals surface area contributed by atoms with Crippen molar-refractivity contribution in [3.05, 3.63) is 0 Å². The van der Waals surface area contributed by atoms with Crippen LogP contribution >= 0.6 is 0 Å². The average Bonchev–Trinajstić information content (AvgIpc) is 2.99. The predicted octanol–water partition coefficient (Wildman–Crippen LogP) is 2.43. The smallest absolute Gasteiger partial charge is 0.0700 e. The number of methoxy groups -OCH3 is 1. The first-order valence-corrected chi connectivity index (χ1v) is 8.77. The third kappa shape index (κ3) is 3.98. The summed E-state index contributed by atoms with van der Waals surface area (Å²) in [5.41, 5.74) is 0.707. The van der Waals surface area contributed by atoms with E-state index in [1.165, 1.54) is 45.1 Å². The minimum atomic E-state index is 0.306. The van der Waals surface area contributed by atoms with E-state index in [-0.39, 0.29) is 0 Å². The molecule has 4 nitrogen and oxygen atoms in total. The van der Waals surface area contributed by atoms with E-state index in [2.05, 4.69) is 24.1 Å². The summed E-state index contributed by atoms with van der Waals surface area (Å²) < 4.78 is 10.8. The molecule has 0 aromatic carbocycles. The number of rotatable bonds is 8. The van der Waals surface area contributed by atoms with Crippen LogP contribution in [0.4, 0.5) is 0 Å². The summed E-state index contributed by atoms with van der Waals surface area (Å²) in [6.45, 7) is 10.3.